The summed E-state index contributed by atoms with van der Waals surface area (Å²) in [7, 11) is 2.11. The molecular weight excluding hydrogens is 318 g/mol. The standard InChI is InChI=1S/C19H31N3O3/c1-21(14-17(23)15-25-18-7-12-24-13-8-18)16-5-10-22(11-6-16)19-4-2-3-9-20-19/h2-4,9,16-18,23H,5-8,10-15H2,1H3. The number of rotatable bonds is 7. The first kappa shape index (κ1) is 18.6. The molecule has 2 fully saturated rings. The van der Waals surface area contributed by atoms with E-state index in [-0.39, 0.29) is 6.10 Å². The van der Waals surface area contributed by atoms with Crippen molar-refractivity contribution in [3.05, 3.63) is 24.4 Å². The van der Waals surface area contributed by atoms with E-state index < -0.39 is 6.10 Å². The first-order chi connectivity index (χ1) is 12.2. The summed E-state index contributed by atoms with van der Waals surface area (Å²) in [5.41, 5.74) is 0. The minimum absolute atomic E-state index is 0.246. The molecule has 0 amide bonds. The Kier molecular flexibility index (Phi) is 7.04. The molecular formula is C19H31N3O3. The third-order valence-corrected chi connectivity index (χ3v) is 5.25. The van der Waals surface area contributed by atoms with Crippen molar-refractivity contribution >= 4 is 5.82 Å². The van der Waals surface area contributed by atoms with E-state index in [2.05, 4.69) is 27.9 Å². The molecule has 6 nitrogen and oxygen atoms in total. The predicted molar refractivity (Wildman–Crippen MR) is 97.9 cm³/mol. The van der Waals surface area contributed by atoms with Crippen LogP contribution in [-0.2, 0) is 9.47 Å². The molecule has 1 N–H and O–H groups in total. The summed E-state index contributed by atoms with van der Waals surface area (Å²) >= 11 is 0. The fourth-order valence-electron chi connectivity index (χ4n) is 3.70. The Labute approximate surface area is 150 Å². The van der Waals surface area contributed by atoms with Crippen molar-refractivity contribution in [1.29, 1.82) is 0 Å². The highest BCUT2D eigenvalue weighted by molar-refractivity contribution is 5.38. The van der Waals surface area contributed by atoms with Gasteiger partial charge in [0.25, 0.3) is 0 Å². The Bertz CT molecular complexity index is 488. The maximum Gasteiger partial charge on any atom is 0.128 e. The second-order valence-corrected chi connectivity index (χ2v) is 7.14. The average molecular weight is 349 g/mol. The number of pyridine rings is 1. The van der Waals surface area contributed by atoms with Gasteiger partial charge < -0.3 is 24.4 Å². The van der Waals surface area contributed by atoms with Crippen molar-refractivity contribution in [1.82, 2.24) is 9.88 Å². The second-order valence-electron chi connectivity index (χ2n) is 7.14. The van der Waals surface area contributed by atoms with Gasteiger partial charge in [-0.15, -0.1) is 0 Å². The highest BCUT2D eigenvalue weighted by atomic mass is 16.5. The zero-order chi connectivity index (χ0) is 17.5. The van der Waals surface area contributed by atoms with Crippen LogP contribution in [0.25, 0.3) is 0 Å². The van der Waals surface area contributed by atoms with Crippen molar-refractivity contribution in [2.45, 2.75) is 43.9 Å². The van der Waals surface area contributed by atoms with E-state index in [4.69, 9.17) is 9.47 Å². The van der Waals surface area contributed by atoms with Gasteiger partial charge in [0.05, 0.1) is 18.8 Å². The van der Waals surface area contributed by atoms with Crippen LogP contribution >= 0.6 is 0 Å². The molecule has 1 atom stereocenters. The van der Waals surface area contributed by atoms with Gasteiger partial charge in [-0.3, -0.25) is 0 Å². The summed E-state index contributed by atoms with van der Waals surface area (Å²) in [6.07, 6.45) is 5.74. The van der Waals surface area contributed by atoms with Gasteiger partial charge in [-0.1, -0.05) is 6.07 Å². The summed E-state index contributed by atoms with van der Waals surface area (Å²) in [5.74, 6) is 1.06. The number of aliphatic hydroxyl groups excluding tert-OH is 1. The molecule has 3 rings (SSSR count). The molecule has 2 saturated heterocycles. The first-order valence-corrected chi connectivity index (χ1v) is 9.46. The normalized spacial score (nSPS) is 21.6. The van der Waals surface area contributed by atoms with Crippen molar-refractivity contribution in [3.63, 3.8) is 0 Å². The number of ether oxygens (including phenoxy) is 2. The maximum atomic E-state index is 10.3. The van der Waals surface area contributed by atoms with Crippen LogP contribution in [0.4, 0.5) is 5.82 Å². The molecule has 2 aliphatic heterocycles. The number of likely N-dealkylation sites (N-methyl/N-ethyl adjacent to an activating group) is 1. The van der Waals surface area contributed by atoms with Crippen LogP contribution in [0, 0.1) is 0 Å². The van der Waals surface area contributed by atoms with Gasteiger partial charge in [-0.05, 0) is 44.9 Å². The molecule has 0 radical (unpaired) electrons. The van der Waals surface area contributed by atoms with Crippen LogP contribution in [0.5, 0.6) is 0 Å². The zero-order valence-corrected chi connectivity index (χ0v) is 15.2. The third kappa shape index (κ3) is 5.64. The number of hydrogen-bond acceptors (Lipinski definition) is 6. The number of nitrogens with zero attached hydrogens (tertiary/aromatic N) is 3. The van der Waals surface area contributed by atoms with E-state index in [1.807, 2.05) is 18.3 Å². The Morgan fingerprint density at radius 3 is 2.72 bits per heavy atom. The molecule has 0 aliphatic carbocycles. The van der Waals surface area contributed by atoms with Gasteiger partial charge in [-0.2, -0.15) is 0 Å². The largest absolute Gasteiger partial charge is 0.389 e. The molecule has 0 bridgehead atoms. The van der Waals surface area contributed by atoms with E-state index >= 15 is 0 Å². The Morgan fingerprint density at radius 1 is 1.28 bits per heavy atom. The summed E-state index contributed by atoms with van der Waals surface area (Å²) in [6, 6.07) is 6.57. The fourth-order valence-corrected chi connectivity index (χ4v) is 3.70. The fraction of sp³-hybridized carbons (Fsp3) is 0.737. The predicted octanol–water partition coefficient (Wildman–Crippen LogP) is 1.54. The van der Waals surface area contributed by atoms with E-state index in [1.54, 1.807) is 0 Å². The average Bonchev–Trinajstić information content (AvgIpc) is 2.68. The molecule has 6 heteroatoms. The highest BCUT2D eigenvalue weighted by Gasteiger charge is 2.25. The van der Waals surface area contributed by atoms with E-state index in [1.165, 1.54) is 0 Å². The lowest BCUT2D eigenvalue weighted by molar-refractivity contribution is -0.0650. The first-order valence-electron chi connectivity index (χ1n) is 9.46. The lowest BCUT2D eigenvalue weighted by Crippen LogP contribution is -2.46. The quantitative estimate of drug-likeness (QED) is 0.806. The van der Waals surface area contributed by atoms with Gasteiger partial charge in [-0.25, -0.2) is 4.98 Å². The SMILES string of the molecule is CN(CC(O)COC1CCOCC1)C1CCN(c2ccccn2)CC1. The van der Waals surface area contributed by atoms with Crippen LogP contribution in [-0.4, -0.2) is 79.7 Å². The highest BCUT2D eigenvalue weighted by Crippen LogP contribution is 2.20. The third-order valence-electron chi connectivity index (χ3n) is 5.25. The molecule has 0 aromatic carbocycles. The van der Waals surface area contributed by atoms with Crippen LogP contribution in [0.1, 0.15) is 25.7 Å². The Morgan fingerprint density at radius 2 is 2.04 bits per heavy atom. The smallest absolute Gasteiger partial charge is 0.128 e. The van der Waals surface area contributed by atoms with Crippen molar-refractivity contribution in [2.75, 3.05) is 51.4 Å². The molecule has 1 unspecified atom stereocenters. The van der Waals surface area contributed by atoms with E-state index in [0.717, 1.165) is 57.8 Å². The number of anilines is 1. The van der Waals surface area contributed by atoms with Gasteiger partial charge in [0.2, 0.25) is 0 Å². The Hall–Kier alpha value is -1.21. The van der Waals surface area contributed by atoms with E-state index in [0.29, 0.717) is 19.2 Å². The summed E-state index contributed by atoms with van der Waals surface area (Å²) in [5, 5.41) is 10.3. The zero-order valence-electron chi connectivity index (χ0n) is 15.2. The monoisotopic (exact) mass is 349 g/mol. The summed E-state index contributed by atoms with van der Waals surface area (Å²) in [6.45, 7) is 4.66. The number of piperidine rings is 1. The van der Waals surface area contributed by atoms with Crippen molar-refractivity contribution < 1.29 is 14.6 Å². The van der Waals surface area contributed by atoms with Crippen LogP contribution in [0.15, 0.2) is 24.4 Å². The molecule has 140 valence electrons. The molecule has 0 spiro atoms. The number of hydrogen-bond donors (Lipinski definition) is 1. The number of aliphatic hydroxyl groups is 1. The lowest BCUT2D eigenvalue weighted by Gasteiger charge is -2.38. The minimum atomic E-state index is -0.429. The van der Waals surface area contributed by atoms with Crippen LogP contribution < -0.4 is 4.90 Å². The Balaban J connectivity index is 1.36. The van der Waals surface area contributed by atoms with Gasteiger partial charge in [0.1, 0.15) is 5.82 Å². The molecule has 2 aliphatic rings. The second kappa shape index (κ2) is 9.48. The minimum Gasteiger partial charge on any atom is -0.389 e. The summed E-state index contributed by atoms with van der Waals surface area (Å²) in [4.78, 5) is 9.06. The number of aromatic nitrogens is 1. The molecule has 1 aromatic heterocycles. The van der Waals surface area contributed by atoms with Gasteiger partial charge in [0, 0.05) is 45.1 Å². The van der Waals surface area contributed by atoms with Gasteiger partial charge in [0.15, 0.2) is 0 Å². The van der Waals surface area contributed by atoms with Crippen LogP contribution in [0.3, 0.4) is 0 Å². The van der Waals surface area contributed by atoms with Crippen molar-refractivity contribution in [2.24, 2.45) is 0 Å². The topological polar surface area (TPSA) is 58.1 Å². The molecule has 1 aromatic rings. The van der Waals surface area contributed by atoms with Crippen LogP contribution in [0.2, 0.25) is 0 Å². The maximum absolute atomic E-state index is 10.3. The molecule has 0 saturated carbocycles. The summed E-state index contributed by atoms with van der Waals surface area (Å²) < 4.78 is 11.2. The molecule has 3 heterocycles. The lowest BCUT2D eigenvalue weighted by atomic mass is 10.0. The van der Waals surface area contributed by atoms with Gasteiger partial charge >= 0.3 is 0 Å². The molecule has 25 heavy (non-hydrogen) atoms. The van der Waals surface area contributed by atoms with Crippen molar-refractivity contribution in [3.8, 4) is 0 Å². The van der Waals surface area contributed by atoms with E-state index in [9.17, 15) is 5.11 Å².